The van der Waals surface area contributed by atoms with Crippen LogP contribution in [0.2, 0.25) is 5.02 Å². The molecule has 9 heteroatoms. The molecule has 30 heavy (non-hydrogen) atoms. The zero-order valence-corrected chi connectivity index (χ0v) is 18.3. The Morgan fingerprint density at radius 1 is 1.10 bits per heavy atom. The van der Waals surface area contributed by atoms with E-state index in [1.54, 1.807) is 17.7 Å². The van der Waals surface area contributed by atoms with Crippen molar-refractivity contribution in [2.75, 3.05) is 11.1 Å². The Hall–Kier alpha value is -2.84. The molecule has 1 heterocycles. The summed E-state index contributed by atoms with van der Waals surface area (Å²) in [5.41, 5.74) is 2.55. The average Bonchev–Trinajstić information content (AvgIpc) is 3.08. The highest BCUT2D eigenvalue weighted by Crippen LogP contribution is 2.21. The molecular formula is C21H22ClN5O2S. The molecule has 2 N–H and O–H groups in total. The van der Waals surface area contributed by atoms with Crippen LogP contribution in [0.4, 0.5) is 5.69 Å². The van der Waals surface area contributed by atoms with Crippen molar-refractivity contribution in [3.63, 3.8) is 0 Å². The van der Waals surface area contributed by atoms with Gasteiger partial charge in [0.2, 0.25) is 11.8 Å². The van der Waals surface area contributed by atoms with Crippen LogP contribution in [0.3, 0.4) is 0 Å². The summed E-state index contributed by atoms with van der Waals surface area (Å²) in [6, 6.07) is 14.9. The molecule has 0 aliphatic heterocycles. The molecule has 0 saturated carbocycles. The highest BCUT2D eigenvalue weighted by atomic mass is 35.5. The fourth-order valence-corrected chi connectivity index (χ4v) is 3.55. The minimum atomic E-state index is -0.166. The fourth-order valence-electron chi connectivity index (χ4n) is 2.64. The van der Waals surface area contributed by atoms with Crippen molar-refractivity contribution in [1.29, 1.82) is 0 Å². The third-order valence-corrected chi connectivity index (χ3v) is 5.79. The molecule has 0 radical (unpaired) electrons. The maximum atomic E-state index is 12.2. The van der Waals surface area contributed by atoms with Gasteiger partial charge in [-0.1, -0.05) is 59.8 Å². The summed E-state index contributed by atoms with van der Waals surface area (Å²) in [6.07, 6.45) is 0.309. The van der Waals surface area contributed by atoms with E-state index >= 15 is 0 Å². The highest BCUT2D eigenvalue weighted by molar-refractivity contribution is 7.99. The number of hydrogen-bond donors (Lipinski definition) is 2. The molecule has 0 spiro atoms. The highest BCUT2D eigenvalue weighted by Gasteiger charge is 2.13. The molecule has 0 aliphatic carbocycles. The van der Waals surface area contributed by atoms with Crippen molar-refractivity contribution in [1.82, 2.24) is 20.1 Å². The molecule has 3 rings (SSSR count). The lowest BCUT2D eigenvalue weighted by Gasteiger charge is -2.07. The van der Waals surface area contributed by atoms with Crippen LogP contribution in [-0.2, 0) is 29.6 Å². The summed E-state index contributed by atoms with van der Waals surface area (Å²) >= 11 is 7.35. The number of halogens is 1. The zero-order valence-electron chi connectivity index (χ0n) is 16.7. The number of thioether (sulfide) groups is 1. The molecule has 0 unspecified atom stereocenters. The number of nitrogens with zero attached hydrogens (tertiary/aromatic N) is 3. The van der Waals surface area contributed by atoms with Gasteiger partial charge in [-0.25, -0.2) is 0 Å². The molecule has 0 atom stereocenters. The van der Waals surface area contributed by atoms with Crippen molar-refractivity contribution in [3.05, 3.63) is 70.5 Å². The summed E-state index contributed by atoms with van der Waals surface area (Å²) in [5, 5.41) is 15.1. The van der Waals surface area contributed by atoms with Crippen molar-refractivity contribution in [2.24, 2.45) is 7.05 Å². The van der Waals surface area contributed by atoms with E-state index in [4.69, 9.17) is 11.6 Å². The van der Waals surface area contributed by atoms with Crippen LogP contribution in [0.5, 0.6) is 0 Å². The Balaban J connectivity index is 1.48. The number of amides is 2. The number of rotatable bonds is 8. The number of aromatic nitrogens is 3. The summed E-state index contributed by atoms with van der Waals surface area (Å²) < 4.78 is 1.77. The molecule has 156 valence electrons. The van der Waals surface area contributed by atoms with Crippen molar-refractivity contribution >= 4 is 40.9 Å². The van der Waals surface area contributed by atoms with Crippen LogP contribution < -0.4 is 10.6 Å². The lowest BCUT2D eigenvalue weighted by Crippen LogP contribution is -2.26. The van der Waals surface area contributed by atoms with Gasteiger partial charge in [0.05, 0.1) is 18.7 Å². The van der Waals surface area contributed by atoms with E-state index in [2.05, 4.69) is 20.8 Å². The zero-order chi connectivity index (χ0) is 21.5. The third-order valence-electron chi connectivity index (χ3n) is 4.36. The largest absolute Gasteiger partial charge is 0.349 e. The van der Waals surface area contributed by atoms with E-state index in [9.17, 15) is 9.59 Å². The molecule has 0 aliphatic rings. The molecule has 0 fully saturated rings. The van der Waals surface area contributed by atoms with E-state index in [0.717, 1.165) is 11.1 Å². The second-order valence-electron chi connectivity index (χ2n) is 6.70. The maximum absolute atomic E-state index is 12.2. The van der Waals surface area contributed by atoms with Crippen molar-refractivity contribution in [3.8, 4) is 0 Å². The minimum absolute atomic E-state index is 0.0884. The van der Waals surface area contributed by atoms with E-state index in [0.29, 0.717) is 28.1 Å². The first-order valence-electron chi connectivity index (χ1n) is 9.30. The van der Waals surface area contributed by atoms with Gasteiger partial charge in [0.15, 0.2) is 11.0 Å². The number of carbonyl (C=O) groups excluding carboxylic acids is 2. The molecule has 7 nitrogen and oxygen atoms in total. The Labute approximate surface area is 184 Å². The summed E-state index contributed by atoms with van der Waals surface area (Å²) in [7, 11) is 1.80. The van der Waals surface area contributed by atoms with Crippen LogP contribution >= 0.6 is 23.4 Å². The number of carbonyl (C=O) groups is 2. The Kier molecular flexibility index (Phi) is 7.48. The molecular weight excluding hydrogens is 422 g/mol. The fraction of sp³-hybridized carbons (Fsp3) is 0.238. The maximum Gasteiger partial charge on any atom is 0.234 e. The molecule has 2 amide bonds. The van der Waals surface area contributed by atoms with Crippen molar-refractivity contribution in [2.45, 2.75) is 25.0 Å². The number of nitrogens with one attached hydrogen (secondary N) is 2. The van der Waals surface area contributed by atoms with Gasteiger partial charge in [0.25, 0.3) is 0 Å². The normalized spacial score (nSPS) is 10.6. The number of hydrogen-bond acceptors (Lipinski definition) is 5. The topological polar surface area (TPSA) is 88.9 Å². The number of benzene rings is 2. The second kappa shape index (κ2) is 10.3. The van der Waals surface area contributed by atoms with Gasteiger partial charge in [-0.05, 0) is 30.2 Å². The van der Waals surface area contributed by atoms with Crippen LogP contribution in [0.25, 0.3) is 0 Å². The van der Waals surface area contributed by atoms with Crippen LogP contribution in [0, 0.1) is 6.92 Å². The third kappa shape index (κ3) is 6.08. The first-order valence-corrected chi connectivity index (χ1v) is 10.7. The van der Waals surface area contributed by atoms with E-state index in [1.165, 1.54) is 11.8 Å². The predicted octanol–water partition coefficient (Wildman–Crippen LogP) is 3.37. The lowest BCUT2D eigenvalue weighted by molar-refractivity contribution is -0.120. The Bertz CT molecular complexity index is 1040. The van der Waals surface area contributed by atoms with E-state index < -0.39 is 0 Å². The van der Waals surface area contributed by atoms with E-state index in [1.807, 2.05) is 49.4 Å². The monoisotopic (exact) mass is 443 g/mol. The van der Waals surface area contributed by atoms with Crippen molar-refractivity contribution < 1.29 is 9.59 Å². The smallest absolute Gasteiger partial charge is 0.234 e. The first-order chi connectivity index (χ1) is 14.4. The predicted molar refractivity (Wildman–Crippen MR) is 119 cm³/mol. The quantitative estimate of drug-likeness (QED) is 0.521. The van der Waals surface area contributed by atoms with Gasteiger partial charge >= 0.3 is 0 Å². The average molecular weight is 444 g/mol. The standard InChI is InChI=1S/C21H22ClN5O2S/c1-14-8-9-16(11-17(14)22)24-20(29)13-30-21-26-25-18(27(21)2)12-23-19(28)10-15-6-4-3-5-7-15/h3-9,11H,10,12-13H2,1-2H3,(H,23,28)(H,24,29). The minimum Gasteiger partial charge on any atom is -0.349 e. The van der Waals surface area contributed by atoms with E-state index in [-0.39, 0.29) is 24.1 Å². The van der Waals surface area contributed by atoms with Crippen LogP contribution in [-0.4, -0.2) is 32.3 Å². The lowest BCUT2D eigenvalue weighted by atomic mass is 10.1. The molecule has 3 aromatic rings. The van der Waals surface area contributed by atoms with Gasteiger partial charge < -0.3 is 15.2 Å². The van der Waals surface area contributed by atoms with Crippen LogP contribution in [0.1, 0.15) is 17.0 Å². The van der Waals surface area contributed by atoms with Gasteiger partial charge in [-0.15, -0.1) is 10.2 Å². The Morgan fingerprint density at radius 3 is 2.60 bits per heavy atom. The first kappa shape index (κ1) is 21.9. The number of aryl methyl sites for hydroxylation is 1. The molecule has 1 aromatic heterocycles. The molecule has 2 aromatic carbocycles. The van der Waals surface area contributed by atoms with Gasteiger partial charge in [0, 0.05) is 17.8 Å². The summed E-state index contributed by atoms with van der Waals surface area (Å²) in [4.78, 5) is 24.3. The molecule has 0 bridgehead atoms. The van der Waals surface area contributed by atoms with Gasteiger partial charge in [0.1, 0.15) is 0 Å². The van der Waals surface area contributed by atoms with Crippen LogP contribution in [0.15, 0.2) is 53.7 Å². The summed E-state index contributed by atoms with van der Waals surface area (Å²) in [6.45, 7) is 2.17. The SMILES string of the molecule is Cc1ccc(NC(=O)CSc2nnc(CNC(=O)Cc3ccccc3)n2C)cc1Cl. The number of anilines is 1. The molecule has 0 saturated heterocycles. The summed E-state index contributed by atoms with van der Waals surface area (Å²) in [5.74, 6) is 0.539. The van der Waals surface area contributed by atoms with Gasteiger partial charge in [-0.2, -0.15) is 0 Å². The Morgan fingerprint density at radius 2 is 1.87 bits per heavy atom. The van der Waals surface area contributed by atoms with Gasteiger partial charge in [-0.3, -0.25) is 9.59 Å². The second-order valence-corrected chi connectivity index (χ2v) is 8.05.